The van der Waals surface area contributed by atoms with E-state index in [0.29, 0.717) is 41.7 Å². The molecule has 1 aliphatic heterocycles. The molecule has 0 saturated carbocycles. The van der Waals surface area contributed by atoms with E-state index in [1.54, 1.807) is 72.9 Å². The van der Waals surface area contributed by atoms with E-state index < -0.39 is 17.7 Å². The Labute approximate surface area is 227 Å². The number of pyridine rings is 1. The maximum absolute atomic E-state index is 13.4. The van der Waals surface area contributed by atoms with Gasteiger partial charge in [-0.1, -0.05) is 43.3 Å². The molecular formula is C32H28N2O5. The number of carbonyl (C=O) groups is 2. The van der Waals surface area contributed by atoms with E-state index in [0.717, 1.165) is 12.0 Å². The number of rotatable bonds is 9. The average Bonchev–Trinajstić information content (AvgIpc) is 3.26. The zero-order valence-corrected chi connectivity index (χ0v) is 21.5. The summed E-state index contributed by atoms with van der Waals surface area (Å²) in [7, 11) is 0. The van der Waals surface area contributed by atoms with E-state index in [4.69, 9.17) is 9.47 Å². The number of aliphatic hydroxyl groups excluding tert-OH is 1. The molecule has 1 amide bonds. The standard InChI is InChI=1S/C32H28N2O5/c1-2-20-38-25-15-11-23(12-16-25)30(35)28-29(27-10-6-7-19-33-27)34(32(37)31(28)36)24-13-17-26(18-14-24)39-21-22-8-4-3-5-9-22/h3-19,29,35H,2,20-21H2,1H3/b30-28-. The van der Waals surface area contributed by atoms with Gasteiger partial charge in [0.1, 0.15) is 29.9 Å². The Hall–Kier alpha value is -4.91. The van der Waals surface area contributed by atoms with E-state index in [-0.39, 0.29) is 11.3 Å². The van der Waals surface area contributed by atoms with Gasteiger partial charge >= 0.3 is 0 Å². The Morgan fingerprint density at radius 2 is 1.51 bits per heavy atom. The zero-order valence-electron chi connectivity index (χ0n) is 21.5. The third-order valence-corrected chi connectivity index (χ3v) is 6.38. The van der Waals surface area contributed by atoms with E-state index in [9.17, 15) is 14.7 Å². The van der Waals surface area contributed by atoms with Gasteiger partial charge in [0.25, 0.3) is 11.7 Å². The van der Waals surface area contributed by atoms with Gasteiger partial charge in [0.15, 0.2) is 0 Å². The van der Waals surface area contributed by atoms with Crippen LogP contribution < -0.4 is 14.4 Å². The normalized spacial score (nSPS) is 16.3. The largest absolute Gasteiger partial charge is 0.507 e. The number of aliphatic hydroxyl groups is 1. The predicted molar refractivity (Wildman–Crippen MR) is 148 cm³/mol. The number of carbonyl (C=O) groups excluding carboxylic acids is 2. The number of Topliss-reactive ketones (excluding diaryl/α,β-unsaturated/α-hetero) is 1. The van der Waals surface area contributed by atoms with Gasteiger partial charge in [-0.2, -0.15) is 0 Å². The predicted octanol–water partition coefficient (Wildman–Crippen LogP) is 6.08. The summed E-state index contributed by atoms with van der Waals surface area (Å²) in [6.07, 6.45) is 2.46. The topological polar surface area (TPSA) is 89.0 Å². The molecule has 3 aromatic carbocycles. The van der Waals surface area contributed by atoms with Gasteiger partial charge in [0.2, 0.25) is 0 Å². The number of ketones is 1. The Kier molecular flexibility index (Phi) is 7.68. The summed E-state index contributed by atoms with van der Waals surface area (Å²) in [5.74, 6) is -0.507. The summed E-state index contributed by atoms with van der Waals surface area (Å²) in [6, 6.07) is 27.9. The number of benzene rings is 3. The van der Waals surface area contributed by atoms with Crippen molar-refractivity contribution in [3.63, 3.8) is 0 Å². The summed E-state index contributed by atoms with van der Waals surface area (Å²) in [5, 5.41) is 11.3. The number of hydrogen-bond acceptors (Lipinski definition) is 6. The summed E-state index contributed by atoms with van der Waals surface area (Å²) in [6.45, 7) is 3.00. The van der Waals surface area contributed by atoms with Gasteiger partial charge in [-0.3, -0.25) is 19.5 Å². The molecule has 2 heterocycles. The van der Waals surface area contributed by atoms with Crippen LogP contribution in [0.2, 0.25) is 0 Å². The summed E-state index contributed by atoms with van der Waals surface area (Å²) in [5.41, 5.74) is 2.37. The molecule has 7 heteroatoms. The van der Waals surface area contributed by atoms with Gasteiger partial charge in [-0.15, -0.1) is 0 Å². The van der Waals surface area contributed by atoms with Crippen LogP contribution in [0.1, 0.15) is 36.2 Å². The van der Waals surface area contributed by atoms with Gasteiger partial charge in [0, 0.05) is 17.4 Å². The van der Waals surface area contributed by atoms with Crippen LogP contribution in [0, 0.1) is 0 Å². The fourth-order valence-corrected chi connectivity index (χ4v) is 4.44. The van der Waals surface area contributed by atoms with Crippen molar-refractivity contribution in [2.24, 2.45) is 0 Å². The second-order valence-electron chi connectivity index (χ2n) is 9.06. The van der Waals surface area contributed by atoms with Crippen molar-refractivity contribution >= 4 is 23.1 Å². The lowest BCUT2D eigenvalue weighted by molar-refractivity contribution is -0.132. The highest BCUT2D eigenvalue weighted by Gasteiger charge is 2.47. The third-order valence-electron chi connectivity index (χ3n) is 6.38. The molecule has 1 aliphatic rings. The van der Waals surface area contributed by atoms with Crippen molar-refractivity contribution < 1.29 is 24.2 Å². The first-order valence-electron chi connectivity index (χ1n) is 12.8. The number of aromatic nitrogens is 1. The highest BCUT2D eigenvalue weighted by atomic mass is 16.5. The van der Waals surface area contributed by atoms with Crippen molar-refractivity contribution in [1.29, 1.82) is 0 Å². The Balaban J connectivity index is 1.48. The molecule has 0 spiro atoms. The third kappa shape index (κ3) is 5.52. The molecule has 1 fully saturated rings. The molecule has 1 unspecified atom stereocenters. The molecule has 7 nitrogen and oxygen atoms in total. The Morgan fingerprint density at radius 1 is 0.846 bits per heavy atom. The van der Waals surface area contributed by atoms with Crippen molar-refractivity contribution in [1.82, 2.24) is 4.98 Å². The van der Waals surface area contributed by atoms with Crippen LogP contribution in [0.25, 0.3) is 5.76 Å². The minimum atomic E-state index is -0.904. The lowest BCUT2D eigenvalue weighted by atomic mass is 9.98. The molecule has 5 rings (SSSR count). The number of hydrogen-bond donors (Lipinski definition) is 1. The van der Waals surface area contributed by atoms with Crippen LogP contribution in [0.3, 0.4) is 0 Å². The first kappa shape index (κ1) is 25.7. The molecule has 0 bridgehead atoms. The van der Waals surface area contributed by atoms with E-state index in [2.05, 4.69) is 4.98 Å². The molecule has 0 radical (unpaired) electrons. The molecule has 39 heavy (non-hydrogen) atoms. The van der Waals surface area contributed by atoms with Crippen LogP contribution in [-0.4, -0.2) is 28.4 Å². The van der Waals surface area contributed by atoms with E-state index in [1.807, 2.05) is 37.3 Å². The first-order valence-corrected chi connectivity index (χ1v) is 12.8. The molecule has 1 atom stereocenters. The van der Waals surface area contributed by atoms with E-state index >= 15 is 0 Å². The first-order chi connectivity index (χ1) is 19.1. The van der Waals surface area contributed by atoms with Gasteiger partial charge in [0.05, 0.1) is 17.9 Å². The minimum Gasteiger partial charge on any atom is -0.507 e. The maximum atomic E-state index is 13.4. The van der Waals surface area contributed by atoms with Crippen molar-refractivity contribution in [2.45, 2.75) is 26.0 Å². The summed E-state index contributed by atoms with van der Waals surface area (Å²) >= 11 is 0. The number of anilines is 1. The van der Waals surface area contributed by atoms with Gasteiger partial charge < -0.3 is 14.6 Å². The molecular weight excluding hydrogens is 492 g/mol. The van der Waals surface area contributed by atoms with E-state index in [1.165, 1.54) is 4.90 Å². The highest BCUT2D eigenvalue weighted by molar-refractivity contribution is 6.51. The molecule has 196 valence electrons. The quantitative estimate of drug-likeness (QED) is 0.164. The number of ether oxygens (including phenoxy) is 2. The minimum absolute atomic E-state index is 0.0228. The van der Waals surface area contributed by atoms with Crippen molar-refractivity contribution in [2.75, 3.05) is 11.5 Å². The van der Waals surface area contributed by atoms with Crippen LogP contribution in [0.15, 0.2) is 109 Å². The van der Waals surface area contributed by atoms with Crippen LogP contribution in [0.4, 0.5) is 5.69 Å². The summed E-state index contributed by atoms with van der Waals surface area (Å²) in [4.78, 5) is 32.5. The molecule has 4 aromatic rings. The maximum Gasteiger partial charge on any atom is 0.300 e. The molecule has 1 saturated heterocycles. The number of amides is 1. The Morgan fingerprint density at radius 3 is 2.18 bits per heavy atom. The molecule has 1 N–H and O–H groups in total. The zero-order chi connectivity index (χ0) is 27.2. The Bertz CT molecular complexity index is 1470. The monoisotopic (exact) mass is 520 g/mol. The van der Waals surface area contributed by atoms with Crippen LogP contribution >= 0.6 is 0 Å². The van der Waals surface area contributed by atoms with Crippen molar-refractivity contribution in [3.8, 4) is 11.5 Å². The van der Waals surface area contributed by atoms with Crippen molar-refractivity contribution in [3.05, 3.63) is 126 Å². The fraction of sp³-hybridized carbons (Fsp3) is 0.156. The van der Waals surface area contributed by atoms with Crippen LogP contribution in [-0.2, 0) is 16.2 Å². The van der Waals surface area contributed by atoms with Crippen LogP contribution in [0.5, 0.6) is 11.5 Å². The molecule has 0 aliphatic carbocycles. The lowest BCUT2D eigenvalue weighted by Gasteiger charge is -2.24. The second-order valence-corrected chi connectivity index (χ2v) is 9.06. The SMILES string of the molecule is CCCOc1ccc(/C(O)=C2/C(=O)C(=O)N(c3ccc(OCc4ccccc4)cc3)C2c2ccccn2)cc1. The molecule has 1 aromatic heterocycles. The summed E-state index contributed by atoms with van der Waals surface area (Å²) < 4.78 is 11.5. The lowest BCUT2D eigenvalue weighted by Crippen LogP contribution is -2.29. The smallest absolute Gasteiger partial charge is 0.300 e. The highest BCUT2D eigenvalue weighted by Crippen LogP contribution is 2.41. The van der Waals surface area contributed by atoms with Gasteiger partial charge in [-0.25, -0.2) is 0 Å². The van der Waals surface area contributed by atoms with Gasteiger partial charge in [-0.05, 0) is 72.6 Å². The second kappa shape index (κ2) is 11.6. The average molecular weight is 521 g/mol. The number of nitrogens with zero attached hydrogens (tertiary/aromatic N) is 2. The fourth-order valence-electron chi connectivity index (χ4n) is 4.44.